The number of ketones is 1. The van der Waals surface area contributed by atoms with Gasteiger partial charge in [0.15, 0.2) is 5.78 Å². The van der Waals surface area contributed by atoms with E-state index in [9.17, 15) is 4.79 Å². The van der Waals surface area contributed by atoms with Gasteiger partial charge in [0.2, 0.25) is 0 Å². The van der Waals surface area contributed by atoms with E-state index >= 15 is 0 Å². The van der Waals surface area contributed by atoms with Gasteiger partial charge >= 0.3 is 0 Å². The molecule has 4 nitrogen and oxygen atoms in total. The highest BCUT2D eigenvalue weighted by atomic mass is 16.5. The lowest BCUT2D eigenvalue weighted by Gasteiger charge is -2.25. The Morgan fingerprint density at radius 2 is 2.12 bits per heavy atom. The maximum Gasteiger partial charge on any atom is 0.163 e. The van der Waals surface area contributed by atoms with Crippen molar-refractivity contribution in [2.24, 2.45) is 5.92 Å². The van der Waals surface area contributed by atoms with Gasteiger partial charge in [-0.3, -0.25) is 4.79 Å². The number of carbonyl (C=O) groups excluding carboxylic acids is 1. The SMILES string of the molecule is O=C(COC1CCNCC1)C1CCCOC1. The normalized spacial score (nSPS) is 27.9. The average molecular weight is 227 g/mol. The van der Waals surface area contributed by atoms with Gasteiger partial charge in [-0.25, -0.2) is 0 Å². The van der Waals surface area contributed by atoms with E-state index in [2.05, 4.69) is 5.32 Å². The minimum absolute atomic E-state index is 0.0791. The van der Waals surface area contributed by atoms with E-state index in [-0.39, 0.29) is 24.4 Å². The average Bonchev–Trinajstić information content (AvgIpc) is 2.38. The van der Waals surface area contributed by atoms with E-state index in [0.717, 1.165) is 45.4 Å². The number of carbonyl (C=O) groups is 1. The van der Waals surface area contributed by atoms with E-state index in [1.165, 1.54) is 0 Å². The van der Waals surface area contributed by atoms with Crippen LogP contribution in [0.5, 0.6) is 0 Å². The van der Waals surface area contributed by atoms with Crippen molar-refractivity contribution in [2.45, 2.75) is 31.8 Å². The molecule has 16 heavy (non-hydrogen) atoms. The second kappa shape index (κ2) is 6.33. The van der Waals surface area contributed by atoms with E-state index in [1.807, 2.05) is 0 Å². The third kappa shape index (κ3) is 3.54. The molecule has 2 aliphatic rings. The summed E-state index contributed by atoms with van der Waals surface area (Å²) < 4.78 is 11.0. The number of Topliss-reactive ketones (excluding diaryl/α,β-unsaturated/α-hetero) is 1. The lowest BCUT2D eigenvalue weighted by atomic mass is 9.98. The van der Waals surface area contributed by atoms with Gasteiger partial charge in [0.25, 0.3) is 0 Å². The summed E-state index contributed by atoms with van der Waals surface area (Å²) in [4.78, 5) is 11.8. The zero-order valence-corrected chi connectivity index (χ0v) is 9.74. The van der Waals surface area contributed by atoms with E-state index in [0.29, 0.717) is 6.61 Å². The lowest BCUT2D eigenvalue weighted by Crippen LogP contribution is -2.35. The molecule has 0 aromatic carbocycles. The van der Waals surface area contributed by atoms with Crippen molar-refractivity contribution in [3.8, 4) is 0 Å². The lowest BCUT2D eigenvalue weighted by molar-refractivity contribution is -0.134. The Balaban J connectivity index is 1.65. The largest absolute Gasteiger partial charge is 0.381 e. The van der Waals surface area contributed by atoms with Crippen LogP contribution in [0.4, 0.5) is 0 Å². The Hall–Kier alpha value is -0.450. The molecule has 2 rings (SSSR count). The number of rotatable bonds is 4. The van der Waals surface area contributed by atoms with Gasteiger partial charge in [0.05, 0.1) is 12.7 Å². The molecule has 2 saturated heterocycles. The van der Waals surface area contributed by atoms with Gasteiger partial charge in [-0.1, -0.05) is 0 Å². The van der Waals surface area contributed by atoms with Crippen LogP contribution in [0.3, 0.4) is 0 Å². The number of piperidine rings is 1. The molecule has 0 amide bonds. The first-order valence-electron chi connectivity index (χ1n) is 6.29. The number of nitrogens with one attached hydrogen (secondary N) is 1. The first kappa shape index (κ1) is 12.0. The van der Waals surface area contributed by atoms with Crippen molar-refractivity contribution in [1.82, 2.24) is 5.32 Å². The standard InChI is InChI=1S/C12H21NO3/c14-12(10-2-1-7-15-8-10)9-16-11-3-5-13-6-4-11/h10-11,13H,1-9H2. The van der Waals surface area contributed by atoms with Crippen molar-refractivity contribution in [2.75, 3.05) is 32.9 Å². The zero-order chi connectivity index (χ0) is 11.2. The Morgan fingerprint density at radius 1 is 1.31 bits per heavy atom. The monoisotopic (exact) mass is 227 g/mol. The molecule has 1 N–H and O–H groups in total. The molecule has 4 heteroatoms. The molecule has 0 aromatic heterocycles. The van der Waals surface area contributed by atoms with Crippen molar-refractivity contribution >= 4 is 5.78 Å². The summed E-state index contributed by atoms with van der Waals surface area (Å²) in [6.07, 6.45) is 4.29. The summed E-state index contributed by atoms with van der Waals surface area (Å²) in [5.74, 6) is 0.300. The van der Waals surface area contributed by atoms with Gasteiger partial charge < -0.3 is 14.8 Å². The fourth-order valence-electron chi connectivity index (χ4n) is 2.27. The molecule has 0 radical (unpaired) electrons. The molecule has 0 aromatic rings. The van der Waals surface area contributed by atoms with Gasteiger partial charge in [-0.15, -0.1) is 0 Å². The van der Waals surface area contributed by atoms with Gasteiger partial charge in [0, 0.05) is 12.5 Å². The predicted molar refractivity (Wildman–Crippen MR) is 60.4 cm³/mol. The second-order valence-electron chi connectivity index (χ2n) is 4.64. The highest BCUT2D eigenvalue weighted by molar-refractivity contribution is 5.82. The summed E-state index contributed by atoms with van der Waals surface area (Å²) >= 11 is 0. The molecule has 0 aliphatic carbocycles. The summed E-state index contributed by atoms with van der Waals surface area (Å²) in [5, 5.41) is 3.28. The van der Waals surface area contributed by atoms with Crippen LogP contribution < -0.4 is 5.32 Å². The summed E-state index contributed by atoms with van der Waals surface area (Å²) in [6.45, 7) is 3.68. The fraction of sp³-hybridized carbons (Fsp3) is 0.917. The topological polar surface area (TPSA) is 47.6 Å². The second-order valence-corrected chi connectivity index (χ2v) is 4.64. The number of hydrogen-bond acceptors (Lipinski definition) is 4. The Morgan fingerprint density at radius 3 is 2.81 bits per heavy atom. The van der Waals surface area contributed by atoms with Crippen LogP contribution in [-0.4, -0.2) is 44.8 Å². The van der Waals surface area contributed by atoms with Crippen LogP contribution >= 0.6 is 0 Å². The minimum atomic E-state index is 0.0791. The van der Waals surface area contributed by atoms with Gasteiger partial charge in [0.1, 0.15) is 6.61 Å². The molecule has 2 heterocycles. The maximum atomic E-state index is 11.8. The number of hydrogen-bond donors (Lipinski definition) is 1. The molecule has 0 spiro atoms. The Kier molecular flexibility index (Phi) is 4.75. The summed E-state index contributed by atoms with van der Waals surface area (Å²) in [6, 6.07) is 0. The third-order valence-electron chi connectivity index (χ3n) is 3.36. The first-order chi connectivity index (χ1) is 7.86. The van der Waals surface area contributed by atoms with E-state index in [4.69, 9.17) is 9.47 Å². The zero-order valence-electron chi connectivity index (χ0n) is 9.74. The van der Waals surface area contributed by atoms with Crippen LogP contribution in [0.2, 0.25) is 0 Å². The highest BCUT2D eigenvalue weighted by Crippen LogP contribution is 2.15. The smallest absolute Gasteiger partial charge is 0.163 e. The molecule has 1 unspecified atom stereocenters. The van der Waals surface area contributed by atoms with Crippen molar-refractivity contribution in [3.63, 3.8) is 0 Å². The Labute approximate surface area is 96.7 Å². The summed E-state index contributed by atoms with van der Waals surface area (Å²) in [5.41, 5.74) is 0. The maximum absolute atomic E-state index is 11.8. The van der Waals surface area contributed by atoms with Crippen molar-refractivity contribution in [1.29, 1.82) is 0 Å². The van der Waals surface area contributed by atoms with Crippen LogP contribution in [0.1, 0.15) is 25.7 Å². The molecular weight excluding hydrogens is 206 g/mol. The van der Waals surface area contributed by atoms with Crippen LogP contribution in [-0.2, 0) is 14.3 Å². The molecule has 92 valence electrons. The molecule has 2 aliphatic heterocycles. The molecule has 0 bridgehead atoms. The quantitative estimate of drug-likeness (QED) is 0.770. The van der Waals surface area contributed by atoms with Crippen molar-refractivity contribution in [3.05, 3.63) is 0 Å². The molecular formula is C12H21NO3. The number of ether oxygens (including phenoxy) is 2. The van der Waals surface area contributed by atoms with E-state index < -0.39 is 0 Å². The molecule has 2 fully saturated rings. The Bertz CT molecular complexity index is 220. The highest BCUT2D eigenvalue weighted by Gasteiger charge is 2.23. The molecule has 0 saturated carbocycles. The predicted octanol–water partition coefficient (Wildman–Crippen LogP) is 0.751. The van der Waals surface area contributed by atoms with Gasteiger partial charge in [-0.05, 0) is 38.8 Å². The van der Waals surface area contributed by atoms with Crippen LogP contribution in [0.15, 0.2) is 0 Å². The molecule has 1 atom stereocenters. The van der Waals surface area contributed by atoms with Crippen LogP contribution in [0.25, 0.3) is 0 Å². The fourth-order valence-corrected chi connectivity index (χ4v) is 2.27. The van der Waals surface area contributed by atoms with Crippen LogP contribution in [0, 0.1) is 5.92 Å². The first-order valence-corrected chi connectivity index (χ1v) is 6.29. The van der Waals surface area contributed by atoms with Gasteiger partial charge in [-0.2, -0.15) is 0 Å². The minimum Gasteiger partial charge on any atom is -0.381 e. The summed E-state index contributed by atoms with van der Waals surface area (Å²) in [7, 11) is 0. The van der Waals surface area contributed by atoms with E-state index in [1.54, 1.807) is 0 Å². The third-order valence-corrected chi connectivity index (χ3v) is 3.36. The van der Waals surface area contributed by atoms with Crippen molar-refractivity contribution < 1.29 is 14.3 Å².